The molecule has 0 heterocycles. The Hall–Kier alpha value is -0.740. The van der Waals surface area contributed by atoms with Crippen molar-refractivity contribution in [3.63, 3.8) is 0 Å². The molecule has 1 unspecified atom stereocenters. The minimum Gasteiger partial charge on any atom is -0.390 e. The van der Waals surface area contributed by atoms with E-state index in [0.717, 1.165) is 0 Å². The van der Waals surface area contributed by atoms with Crippen molar-refractivity contribution in [1.82, 2.24) is 0 Å². The third kappa shape index (κ3) is 3.98. The first-order valence-electron chi connectivity index (χ1n) is 4.71. The molecule has 4 nitrogen and oxygen atoms in total. The minimum atomic E-state index is -1.59. The van der Waals surface area contributed by atoms with Gasteiger partial charge in [-0.2, -0.15) is 0 Å². The summed E-state index contributed by atoms with van der Waals surface area (Å²) in [7, 11) is 0. The van der Waals surface area contributed by atoms with Gasteiger partial charge in [-0.15, -0.1) is 0 Å². The third-order valence-corrected chi connectivity index (χ3v) is 2.12. The van der Waals surface area contributed by atoms with Gasteiger partial charge in [-0.05, 0) is 20.3 Å². The number of aliphatic hydroxyl groups excluding tert-OH is 1. The van der Waals surface area contributed by atoms with Crippen LogP contribution in [0.2, 0.25) is 0 Å². The van der Waals surface area contributed by atoms with Crippen molar-refractivity contribution < 1.29 is 19.8 Å². The molecule has 0 aliphatic heterocycles. The summed E-state index contributed by atoms with van der Waals surface area (Å²) in [5.41, 5.74) is -1.59. The molecule has 82 valence electrons. The predicted octanol–water partition coefficient (Wildman–Crippen LogP) is 0.447. The lowest BCUT2D eigenvalue weighted by Gasteiger charge is -2.30. The Labute approximate surface area is 83.9 Å². The molecule has 0 radical (unpaired) electrons. The van der Waals surface area contributed by atoms with E-state index >= 15 is 0 Å². The molecule has 2 N–H and O–H groups in total. The van der Waals surface area contributed by atoms with Crippen LogP contribution >= 0.6 is 0 Å². The summed E-state index contributed by atoms with van der Waals surface area (Å²) >= 11 is 0. The van der Waals surface area contributed by atoms with Gasteiger partial charge in [0.25, 0.3) is 0 Å². The highest BCUT2D eigenvalue weighted by atomic mass is 16.3. The lowest BCUT2D eigenvalue weighted by molar-refractivity contribution is -0.138. The largest absolute Gasteiger partial charge is 0.390 e. The average Bonchev–Trinajstić information content (AvgIpc) is 1.99. The second-order valence-corrected chi connectivity index (χ2v) is 3.79. The normalized spacial score (nSPS) is 13.8. The maximum absolute atomic E-state index is 10.9. The number of ketones is 2. The van der Waals surface area contributed by atoms with Crippen molar-refractivity contribution in [2.45, 2.75) is 51.7 Å². The molecule has 0 rings (SSSR count). The molecular weight excluding hydrogens is 184 g/mol. The fourth-order valence-electron chi connectivity index (χ4n) is 1.54. The van der Waals surface area contributed by atoms with E-state index in [9.17, 15) is 19.8 Å². The van der Waals surface area contributed by atoms with Crippen LogP contribution in [0.5, 0.6) is 0 Å². The maximum Gasteiger partial charge on any atom is 0.132 e. The van der Waals surface area contributed by atoms with Crippen LogP contribution in [-0.4, -0.2) is 33.5 Å². The van der Waals surface area contributed by atoms with E-state index in [0.29, 0.717) is 6.42 Å². The Morgan fingerprint density at radius 1 is 1.21 bits per heavy atom. The van der Waals surface area contributed by atoms with Gasteiger partial charge in [0.15, 0.2) is 0 Å². The predicted molar refractivity (Wildman–Crippen MR) is 51.8 cm³/mol. The van der Waals surface area contributed by atoms with Gasteiger partial charge in [0, 0.05) is 12.8 Å². The van der Waals surface area contributed by atoms with Crippen LogP contribution in [0.4, 0.5) is 0 Å². The van der Waals surface area contributed by atoms with Gasteiger partial charge < -0.3 is 10.2 Å². The Kier molecular flexibility index (Phi) is 4.94. The summed E-state index contributed by atoms with van der Waals surface area (Å²) in [5, 5.41) is 19.4. The third-order valence-electron chi connectivity index (χ3n) is 2.12. The zero-order valence-corrected chi connectivity index (χ0v) is 8.91. The van der Waals surface area contributed by atoms with E-state index in [1.807, 2.05) is 0 Å². The van der Waals surface area contributed by atoms with Gasteiger partial charge >= 0.3 is 0 Å². The highest BCUT2D eigenvalue weighted by Gasteiger charge is 2.36. The first-order chi connectivity index (χ1) is 6.31. The number of carbonyl (C=O) groups is 2. The Bertz CT molecular complexity index is 206. The minimum absolute atomic E-state index is 0.179. The van der Waals surface area contributed by atoms with Gasteiger partial charge in [0.2, 0.25) is 0 Å². The lowest BCUT2D eigenvalue weighted by Crippen LogP contribution is -2.45. The van der Waals surface area contributed by atoms with Gasteiger partial charge in [0.1, 0.15) is 17.2 Å². The molecule has 0 amide bonds. The van der Waals surface area contributed by atoms with Crippen molar-refractivity contribution in [2.24, 2.45) is 0 Å². The Morgan fingerprint density at radius 2 is 1.57 bits per heavy atom. The zero-order chi connectivity index (χ0) is 11.4. The van der Waals surface area contributed by atoms with Crippen LogP contribution in [-0.2, 0) is 9.59 Å². The van der Waals surface area contributed by atoms with E-state index in [-0.39, 0.29) is 24.4 Å². The molecular formula is C10H18O4. The standard InChI is InChI=1S/C10H18O4/c1-4-9(13)10(14,5-7(2)11)6-8(3)12/h9,13-14H,4-6H2,1-3H3. The molecule has 0 aromatic heterocycles. The molecule has 0 aromatic carbocycles. The highest BCUT2D eigenvalue weighted by molar-refractivity contribution is 5.80. The van der Waals surface area contributed by atoms with Crippen LogP contribution in [0.1, 0.15) is 40.0 Å². The molecule has 0 aliphatic carbocycles. The maximum atomic E-state index is 10.9. The summed E-state index contributed by atoms with van der Waals surface area (Å²) < 4.78 is 0. The second-order valence-electron chi connectivity index (χ2n) is 3.79. The van der Waals surface area contributed by atoms with Crippen LogP contribution in [0.15, 0.2) is 0 Å². The van der Waals surface area contributed by atoms with Gasteiger partial charge in [-0.1, -0.05) is 6.92 Å². The lowest BCUT2D eigenvalue weighted by atomic mass is 9.85. The molecule has 0 spiro atoms. The number of hydrogen-bond donors (Lipinski definition) is 2. The first kappa shape index (κ1) is 13.3. The molecule has 0 saturated carbocycles. The summed E-state index contributed by atoms with van der Waals surface area (Å²) in [4.78, 5) is 21.8. The quantitative estimate of drug-likeness (QED) is 0.655. The highest BCUT2D eigenvalue weighted by Crippen LogP contribution is 2.23. The van der Waals surface area contributed by atoms with Gasteiger partial charge in [-0.3, -0.25) is 9.59 Å². The summed E-state index contributed by atoms with van der Waals surface area (Å²) in [6.07, 6.45) is -1.07. The van der Waals surface area contributed by atoms with Crippen molar-refractivity contribution >= 4 is 11.6 Å². The SMILES string of the molecule is CCC(O)C(O)(CC(C)=O)CC(C)=O. The Balaban J connectivity index is 4.64. The molecule has 4 heteroatoms. The smallest absolute Gasteiger partial charge is 0.132 e. The number of carbonyl (C=O) groups excluding carboxylic acids is 2. The van der Waals surface area contributed by atoms with Crippen LogP contribution < -0.4 is 0 Å². The molecule has 0 saturated heterocycles. The van der Waals surface area contributed by atoms with Gasteiger partial charge in [0.05, 0.1) is 6.10 Å². The summed E-state index contributed by atoms with van der Waals surface area (Å²) in [5.74, 6) is -0.470. The van der Waals surface area contributed by atoms with Crippen LogP contribution in [0.25, 0.3) is 0 Å². The fourth-order valence-corrected chi connectivity index (χ4v) is 1.54. The van der Waals surface area contributed by atoms with E-state index in [2.05, 4.69) is 0 Å². The van der Waals surface area contributed by atoms with Crippen molar-refractivity contribution in [3.05, 3.63) is 0 Å². The molecule has 0 aromatic rings. The monoisotopic (exact) mass is 202 g/mol. The van der Waals surface area contributed by atoms with Crippen molar-refractivity contribution in [3.8, 4) is 0 Å². The van der Waals surface area contributed by atoms with Crippen LogP contribution in [0.3, 0.4) is 0 Å². The van der Waals surface area contributed by atoms with E-state index in [1.165, 1.54) is 13.8 Å². The Morgan fingerprint density at radius 3 is 1.79 bits per heavy atom. The van der Waals surface area contributed by atoms with Crippen LogP contribution in [0, 0.1) is 0 Å². The summed E-state index contributed by atoms with van der Waals surface area (Å²) in [6.45, 7) is 4.34. The topological polar surface area (TPSA) is 74.6 Å². The first-order valence-corrected chi connectivity index (χ1v) is 4.71. The molecule has 1 atom stereocenters. The van der Waals surface area contributed by atoms with E-state index in [4.69, 9.17) is 0 Å². The second kappa shape index (κ2) is 5.22. The number of Topliss-reactive ketones (excluding diaryl/α,β-unsaturated/α-hetero) is 2. The van der Waals surface area contributed by atoms with Gasteiger partial charge in [-0.25, -0.2) is 0 Å². The average molecular weight is 202 g/mol. The van der Waals surface area contributed by atoms with Crippen molar-refractivity contribution in [1.29, 1.82) is 0 Å². The fraction of sp³-hybridized carbons (Fsp3) is 0.800. The number of hydrogen-bond acceptors (Lipinski definition) is 4. The number of aliphatic hydroxyl groups is 2. The number of rotatable bonds is 6. The van der Waals surface area contributed by atoms with Crippen molar-refractivity contribution in [2.75, 3.05) is 0 Å². The molecule has 0 aliphatic rings. The van der Waals surface area contributed by atoms with E-state index < -0.39 is 11.7 Å². The van der Waals surface area contributed by atoms with E-state index in [1.54, 1.807) is 6.92 Å². The molecule has 0 bridgehead atoms. The molecule has 0 fully saturated rings. The summed E-state index contributed by atoms with van der Waals surface area (Å²) in [6, 6.07) is 0. The zero-order valence-electron chi connectivity index (χ0n) is 8.91. The molecule has 14 heavy (non-hydrogen) atoms.